The number of carbonyl (C=O) groups is 1. The van der Waals surface area contributed by atoms with Gasteiger partial charge in [-0.2, -0.15) is 5.10 Å². The maximum atomic E-state index is 12.4. The molecule has 2 aromatic carbocycles. The lowest BCUT2D eigenvalue weighted by molar-refractivity contribution is -0.156. The first kappa shape index (κ1) is 28.5. The molecule has 3 saturated heterocycles. The lowest BCUT2D eigenvalue weighted by atomic mass is 9.97. The van der Waals surface area contributed by atoms with Crippen molar-refractivity contribution in [3.63, 3.8) is 0 Å². The Morgan fingerprint density at radius 2 is 1.93 bits per heavy atom. The van der Waals surface area contributed by atoms with Gasteiger partial charge in [0.25, 0.3) is 0 Å². The number of rotatable bonds is 9. The number of nitrogens with one attached hydrogen (secondary N) is 1. The zero-order valence-corrected chi connectivity index (χ0v) is 24.5. The number of nitrogens with zero attached hydrogens (tertiary/aromatic N) is 5. The number of H-pyrrole nitrogens is 1. The van der Waals surface area contributed by atoms with Gasteiger partial charge in [-0.15, -0.1) is 0 Å². The molecule has 0 unspecified atom stereocenters. The predicted molar refractivity (Wildman–Crippen MR) is 159 cm³/mol. The van der Waals surface area contributed by atoms with Gasteiger partial charge in [0.15, 0.2) is 0 Å². The number of hydrogen-bond acceptors (Lipinski definition) is 8. The van der Waals surface area contributed by atoms with E-state index in [9.17, 15) is 9.90 Å². The van der Waals surface area contributed by atoms with Crippen molar-refractivity contribution in [2.45, 2.75) is 62.1 Å². The molecule has 2 bridgehead atoms. The molecule has 3 fully saturated rings. The van der Waals surface area contributed by atoms with Crippen molar-refractivity contribution in [2.75, 3.05) is 34.3 Å². The molecule has 0 saturated carbocycles. The van der Waals surface area contributed by atoms with Gasteiger partial charge in [0.1, 0.15) is 36.9 Å². The summed E-state index contributed by atoms with van der Waals surface area (Å²) in [5, 5.41) is 15.0. The minimum absolute atomic E-state index is 0.0622. The highest BCUT2D eigenvalue weighted by atomic mass is 16.6. The molecule has 222 valence electrons. The number of esters is 1. The Labute approximate surface area is 246 Å². The number of aliphatic hydroxyl groups excluding tert-OH is 1. The van der Waals surface area contributed by atoms with Crippen LogP contribution in [0.25, 0.3) is 10.9 Å². The summed E-state index contributed by atoms with van der Waals surface area (Å²) < 4.78 is 13.2. The van der Waals surface area contributed by atoms with Crippen molar-refractivity contribution in [3.8, 4) is 0 Å². The first-order valence-electron chi connectivity index (χ1n) is 14.7. The topological polar surface area (TPSA) is 112 Å². The number of benzene rings is 2. The van der Waals surface area contributed by atoms with Gasteiger partial charge in [-0.25, -0.2) is 9.67 Å². The summed E-state index contributed by atoms with van der Waals surface area (Å²) in [6.07, 6.45) is 8.74. The number of carbonyl (C=O) groups excluding carboxylic acids is 1. The van der Waals surface area contributed by atoms with Crippen LogP contribution in [0.4, 0.5) is 0 Å². The van der Waals surface area contributed by atoms with Gasteiger partial charge in [-0.1, -0.05) is 36.4 Å². The smallest absolute Gasteiger partial charge is 0.316 e. The Bertz CT molecular complexity index is 1450. The van der Waals surface area contributed by atoms with Crippen LogP contribution < -0.4 is 0 Å². The molecule has 0 spiro atoms. The van der Waals surface area contributed by atoms with E-state index in [0.717, 1.165) is 37.9 Å². The number of aromatic nitrogens is 4. The molecular weight excluding hydrogens is 532 g/mol. The second-order valence-corrected chi connectivity index (χ2v) is 11.9. The Balaban J connectivity index is 0.000000151. The number of likely N-dealkylation sites (N-methyl/N-ethyl adjacent to an activating group) is 2. The maximum absolute atomic E-state index is 12.4. The molecular formula is C32H40N6O4. The Morgan fingerprint density at radius 1 is 1.17 bits per heavy atom. The molecule has 3 aliphatic heterocycles. The molecule has 2 N–H and O–H groups in total. The number of epoxide rings is 1. The molecule has 2 aromatic heterocycles. The lowest BCUT2D eigenvalue weighted by Gasteiger charge is -2.38. The van der Waals surface area contributed by atoms with Crippen LogP contribution >= 0.6 is 0 Å². The number of fused-ring (bicyclic) bond motifs is 6. The molecule has 10 nitrogen and oxygen atoms in total. The summed E-state index contributed by atoms with van der Waals surface area (Å²) in [5.74, 6) is -0.915. The number of aliphatic hydroxyl groups is 1. The summed E-state index contributed by atoms with van der Waals surface area (Å²) in [6, 6.07) is 16.6. The average molecular weight is 573 g/mol. The number of hydrogen-bond donors (Lipinski definition) is 2. The highest BCUT2D eigenvalue weighted by Crippen LogP contribution is 2.48. The second kappa shape index (κ2) is 12.3. The summed E-state index contributed by atoms with van der Waals surface area (Å²) in [5.41, 5.74) is 4.61. The van der Waals surface area contributed by atoms with E-state index in [0.29, 0.717) is 24.3 Å². The fraction of sp³-hybridized carbons (Fsp3) is 0.469. The molecule has 0 amide bonds. The fourth-order valence-electron chi connectivity index (χ4n) is 6.42. The van der Waals surface area contributed by atoms with E-state index in [2.05, 4.69) is 70.4 Å². The number of aromatic amines is 1. The van der Waals surface area contributed by atoms with Crippen LogP contribution in [0.2, 0.25) is 0 Å². The predicted octanol–water partition coefficient (Wildman–Crippen LogP) is 2.83. The van der Waals surface area contributed by atoms with Crippen LogP contribution in [0.15, 0.2) is 67.4 Å². The van der Waals surface area contributed by atoms with Gasteiger partial charge >= 0.3 is 5.97 Å². The Hall–Kier alpha value is -3.57. The summed E-state index contributed by atoms with van der Waals surface area (Å²) >= 11 is 0. The second-order valence-electron chi connectivity index (χ2n) is 11.9. The molecule has 0 aliphatic carbocycles. The van der Waals surface area contributed by atoms with Crippen molar-refractivity contribution in [1.29, 1.82) is 0 Å². The first-order valence-corrected chi connectivity index (χ1v) is 14.7. The first-order chi connectivity index (χ1) is 20.4. The van der Waals surface area contributed by atoms with Gasteiger partial charge in [0.05, 0.1) is 13.2 Å². The highest BCUT2D eigenvalue weighted by Gasteiger charge is 2.62. The van der Waals surface area contributed by atoms with Crippen molar-refractivity contribution < 1.29 is 19.4 Å². The minimum Gasteiger partial charge on any atom is -0.462 e. The van der Waals surface area contributed by atoms with E-state index < -0.39 is 5.92 Å². The van der Waals surface area contributed by atoms with Gasteiger partial charge in [0.2, 0.25) is 0 Å². The maximum Gasteiger partial charge on any atom is 0.316 e. The average Bonchev–Trinajstić information content (AvgIpc) is 3.33. The Kier molecular flexibility index (Phi) is 8.39. The van der Waals surface area contributed by atoms with Crippen LogP contribution in [0.3, 0.4) is 0 Å². The number of morpholine rings is 1. The summed E-state index contributed by atoms with van der Waals surface area (Å²) in [4.78, 5) is 24.3. The molecule has 5 heterocycles. The van der Waals surface area contributed by atoms with E-state index in [4.69, 9.17) is 9.47 Å². The third-order valence-electron chi connectivity index (χ3n) is 8.80. The van der Waals surface area contributed by atoms with Crippen LogP contribution in [0, 0.1) is 0 Å². The quantitative estimate of drug-likeness (QED) is 0.233. The highest BCUT2D eigenvalue weighted by molar-refractivity contribution is 5.84. The van der Waals surface area contributed by atoms with Crippen molar-refractivity contribution >= 4 is 16.9 Å². The van der Waals surface area contributed by atoms with Gasteiger partial charge in [-0.3, -0.25) is 9.69 Å². The van der Waals surface area contributed by atoms with E-state index >= 15 is 0 Å². The molecule has 7 rings (SSSR count). The number of piperidine rings is 1. The zero-order chi connectivity index (χ0) is 29.2. The van der Waals surface area contributed by atoms with Crippen LogP contribution in [-0.4, -0.2) is 105 Å². The zero-order valence-electron chi connectivity index (χ0n) is 24.5. The minimum atomic E-state index is -0.593. The SMILES string of the molecule is CN(C)CCc1c[nH]c2ccc(Cn3cncn3)cc12.CN1[C@@H]2C[C@@H](OC(=O)[C@H](CO)c3ccccc3)C[C@H]1[C@@H]1O[C@@H]12. The van der Waals surface area contributed by atoms with Gasteiger partial charge < -0.3 is 24.5 Å². The van der Waals surface area contributed by atoms with Gasteiger partial charge in [-0.05, 0) is 56.4 Å². The lowest BCUT2D eigenvalue weighted by Crippen LogP contribution is -2.48. The normalized spacial score (nSPS) is 25.1. The van der Waals surface area contributed by atoms with E-state index in [1.165, 1.54) is 22.0 Å². The molecule has 6 atom stereocenters. The third-order valence-corrected chi connectivity index (χ3v) is 8.80. The molecule has 0 radical (unpaired) electrons. The largest absolute Gasteiger partial charge is 0.462 e. The van der Waals surface area contributed by atoms with E-state index in [1.54, 1.807) is 12.7 Å². The van der Waals surface area contributed by atoms with Crippen molar-refractivity contribution in [1.82, 2.24) is 29.5 Å². The molecule has 10 heteroatoms. The monoisotopic (exact) mass is 572 g/mol. The van der Waals surface area contributed by atoms with Crippen LogP contribution in [0.5, 0.6) is 0 Å². The van der Waals surface area contributed by atoms with Crippen LogP contribution in [0.1, 0.15) is 35.4 Å². The standard InChI is InChI=1S/C17H21NO4.C15H19N5/c1-18-13-7-11(8-14(18)16-15(13)22-16)21-17(20)12(9-19)10-5-3-2-4-6-10;1-19(2)6-5-13-8-17-15-4-3-12(7-14(13)15)9-20-11-16-10-18-20/h2-6,11-16,19H,7-9H2,1H3;3-4,7-8,10-11,17H,5-6,9H2,1-2H3/t11-,12-,13-,14+,15-,16+;/m1./s1. The van der Waals surface area contributed by atoms with Gasteiger partial charge in [0, 0.05) is 48.6 Å². The summed E-state index contributed by atoms with van der Waals surface area (Å²) in [6.45, 7) is 1.59. The van der Waals surface area contributed by atoms with E-state index in [1.807, 2.05) is 35.0 Å². The van der Waals surface area contributed by atoms with Crippen molar-refractivity contribution in [3.05, 3.63) is 84.1 Å². The molecule has 3 aliphatic rings. The summed E-state index contributed by atoms with van der Waals surface area (Å²) in [7, 11) is 6.33. The Morgan fingerprint density at radius 3 is 2.60 bits per heavy atom. The molecule has 42 heavy (non-hydrogen) atoms. The van der Waals surface area contributed by atoms with Crippen molar-refractivity contribution in [2.24, 2.45) is 0 Å². The fourth-order valence-corrected chi connectivity index (χ4v) is 6.42. The third kappa shape index (κ3) is 6.12. The van der Waals surface area contributed by atoms with Crippen LogP contribution in [-0.2, 0) is 27.2 Å². The van der Waals surface area contributed by atoms with E-state index in [-0.39, 0.29) is 18.7 Å². The molecule has 4 aromatic rings. The number of ether oxygens (including phenoxy) is 2.